The summed E-state index contributed by atoms with van der Waals surface area (Å²) in [6.07, 6.45) is 2.34. The smallest absolute Gasteiger partial charge is 0.0534 e. The molecule has 1 heterocycles. The summed E-state index contributed by atoms with van der Waals surface area (Å²) in [5, 5.41) is 3.73. The Balaban J connectivity index is 1.96. The molecule has 3 nitrogen and oxygen atoms in total. The van der Waals surface area contributed by atoms with E-state index in [4.69, 9.17) is 4.74 Å². The largest absolute Gasteiger partial charge is 0.382 e. The normalized spacial score (nSPS) is 24.5. The Labute approximate surface area is 123 Å². The van der Waals surface area contributed by atoms with Crippen LogP contribution in [0.2, 0.25) is 0 Å². The topological polar surface area (TPSA) is 24.5 Å². The van der Waals surface area contributed by atoms with Crippen molar-refractivity contribution in [3.63, 3.8) is 0 Å². The van der Waals surface area contributed by atoms with Crippen LogP contribution >= 0.6 is 0 Å². The second-order valence-electron chi connectivity index (χ2n) is 5.81. The Morgan fingerprint density at radius 3 is 2.85 bits per heavy atom. The first-order valence-electron chi connectivity index (χ1n) is 7.85. The molecule has 1 saturated heterocycles. The molecule has 0 aromatic heterocycles. The van der Waals surface area contributed by atoms with E-state index in [9.17, 15) is 0 Å². The highest BCUT2D eigenvalue weighted by Crippen LogP contribution is 2.24. The van der Waals surface area contributed by atoms with Crippen LogP contribution in [0.5, 0.6) is 0 Å². The van der Waals surface area contributed by atoms with Crippen molar-refractivity contribution in [3.05, 3.63) is 35.9 Å². The van der Waals surface area contributed by atoms with Crippen molar-refractivity contribution in [2.75, 3.05) is 39.4 Å². The first-order chi connectivity index (χ1) is 9.74. The highest BCUT2D eigenvalue weighted by Gasteiger charge is 2.30. The minimum Gasteiger partial charge on any atom is -0.382 e. The van der Waals surface area contributed by atoms with Crippen molar-refractivity contribution >= 4 is 0 Å². The van der Waals surface area contributed by atoms with Crippen LogP contribution in [-0.4, -0.2) is 44.3 Å². The fraction of sp³-hybridized carbons (Fsp3) is 0.647. The van der Waals surface area contributed by atoms with Gasteiger partial charge < -0.3 is 15.0 Å². The van der Waals surface area contributed by atoms with E-state index in [0.717, 1.165) is 39.3 Å². The van der Waals surface area contributed by atoms with Gasteiger partial charge in [0.25, 0.3) is 0 Å². The van der Waals surface area contributed by atoms with Crippen LogP contribution in [0.1, 0.15) is 32.3 Å². The number of rotatable bonds is 6. The summed E-state index contributed by atoms with van der Waals surface area (Å²) in [5.74, 6) is 0. The zero-order valence-corrected chi connectivity index (χ0v) is 12.9. The standard InChI is InChI=1S/C17H28N2O/c1-3-20-14-8-13-19-12-7-11-18-17(2,15-19)16-9-5-4-6-10-16/h4-6,9-10,18H,3,7-8,11-15H2,1-2H3. The van der Waals surface area contributed by atoms with Crippen molar-refractivity contribution in [3.8, 4) is 0 Å². The van der Waals surface area contributed by atoms with Gasteiger partial charge in [0.1, 0.15) is 0 Å². The molecule has 112 valence electrons. The van der Waals surface area contributed by atoms with E-state index in [0.29, 0.717) is 0 Å². The van der Waals surface area contributed by atoms with Crippen molar-refractivity contribution in [1.82, 2.24) is 10.2 Å². The zero-order valence-electron chi connectivity index (χ0n) is 12.9. The van der Waals surface area contributed by atoms with Gasteiger partial charge in [-0.05, 0) is 45.3 Å². The van der Waals surface area contributed by atoms with Crippen LogP contribution in [0.25, 0.3) is 0 Å². The molecule has 1 aliphatic rings. The minimum absolute atomic E-state index is 0.0589. The molecule has 0 spiro atoms. The van der Waals surface area contributed by atoms with Gasteiger partial charge in [0.05, 0.1) is 5.54 Å². The zero-order chi connectivity index (χ0) is 14.3. The first kappa shape index (κ1) is 15.5. The lowest BCUT2D eigenvalue weighted by Gasteiger charge is -2.34. The Morgan fingerprint density at radius 1 is 1.30 bits per heavy atom. The van der Waals surface area contributed by atoms with Crippen LogP contribution in [0.15, 0.2) is 30.3 Å². The molecule has 0 aliphatic carbocycles. The number of hydrogen-bond acceptors (Lipinski definition) is 3. The number of hydrogen-bond donors (Lipinski definition) is 1. The van der Waals surface area contributed by atoms with Crippen LogP contribution in [0.4, 0.5) is 0 Å². The maximum absolute atomic E-state index is 5.45. The van der Waals surface area contributed by atoms with E-state index >= 15 is 0 Å². The van der Waals surface area contributed by atoms with Crippen LogP contribution in [0.3, 0.4) is 0 Å². The van der Waals surface area contributed by atoms with E-state index in [2.05, 4.69) is 54.4 Å². The van der Waals surface area contributed by atoms with E-state index in [1.54, 1.807) is 0 Å². The van der Waals surface area contributed by atoms with Gasteiger partial charge in [-0.3, -0.25) is 0 Å². The molecule has 0 saturated carbocycles. The summed E-state index contributed by atoms with van der Waals surface area (Å²) in [6, 6.07) is 10.8. The summed E-state index contributed by atoms with van der Waals surface area (Å²) in [4.78, 5) is 2.58. The fourth-order valence-electron chi connectivity index (χ4n) is 2.97. The number of benzene rings is 1. The average molecular weight is 276 g/mol. The third-order valence-corrected chi connectivity index (χ3v) is 4.08. The number of nitrogens with zero attached hydrogens (tertiary/aromatic N) is 1. The van der Waals surface area contributed by atoms with Crippen LogP contribution in [0, 0.1) is 0 Å². The second kappa shape index (κ2) is 7.77. The van der Waals surface area contributed by atoms with Gasteiger partial charge in [0.2, 0.25) is 0 Å². The molecule has 0 radical (unpaired) electrons. The molecule has 1 N–H and O–H groups in total. The lowest BCUT2D eigenvalue weighted by Crippen LogP contribution is -2.46. The summed E-state index contributed by atoms with van der Waals surface area (Å²) in [6.45, 7) is 10.6. The van der Waals surface area contributed by atoms with E-state index < -0.39 is 0 Å². The maximum Gasteiger partial charge on any atom is 0.0534 e. The quantitative estimate of drug-likeness (QED) is 0.808. The molecular weight excluding hydrogens is 248 g/mol. The molecule has 20 heavy (non-hydrogen) atoms. The lowest BCUT2D eigenvalue weighted by molar-refractivity contribution is 0.127. The molecular formula is C17H28N2O. The molecule has 0 amide bonds. The third kappa shape index (κ3) is 4.30. The Bertz CT molecular complexity index is 382. The van der Waals surface area contributed by atoms with Gasteiger partial charge in [-0.1, -0.05) is 30.3 Å². The van der Waals surface area contributed by atoms with E-state index in [1.807, 2.05) is 0 Å². The molecule has 3 heteroatoms. The molecule has 1 aromatic carbocycles. The van der Waals surface area contributed by atoms with Gasteiger partial charge >= 0.3 is 0 Å². The highest BCUT2D eigenvalue weighted by atomic mass is 16.5. The fourth-order valence-corrected chi connectivity index (χ4v) is 2.97. The van der Waals surface area contributed by atoms with Crippen molar-refractivity contribution in [1.29, 1.82) is 0 Å². The molecule has 1 aliphatic heterocycles. The van der Waals surface area contributed by atoms with Crippen LogP contribution in [-0.2, 0) is 10.3 Å². The molecule has 0 bridgehead atoms. The summed E-state index contributed by atoms with van der Waals surface area (Å²) in [7, 11) is 0. The molecule has 1 atom stereocenters. The van der Waals surface area contributed by atoms with Gasteiger partial charge in [0, 0.05) is 26.3 Å². The SMILES string of the molecule is CCOCCCN1CCCNC(C)(c2ccccc2)C1. The van der Waals surface area contributed by atoms with E-state index in [1.165, 1.54) is 18.5 Å². The monoisotopic (exact) mass is 276 g/mol. The van der Waals surface area contributed by atoms with Gasteiger partial charge in [-0.15, -0.1) is 0 Å². The summed E-state index contributed by atoms with van der Waals surface area (Å²) < 4.78 is 5.45. The number of ether oxygens (including phenoxy) is 1. The predicted molar refractivity (Wildman–Crippen MR) is 84.0 cm³/mol. The molecule has 1 aromatic rings. The molecule has 1 unspecified atom stereocenters. The Hall–Kier alpha value is -0.900. The minimum atomic E-state index is 0.0589. The highest BCUT2D eigenvalue weighted by molar-refractivity contribution is 5.24. The Morgan fingerprint density at radius 2 is 2.10 bits per heavy atom. The number of nitrogens with one attached hydrogen (secondary N) is 1. The van der Waals surface area contributed by atoms with Gasteiger partial charge in [-0.25, -0.2) is 0 Å². The van der Waals surface area contributed by atoms with Gasteiger partial charge in [0.15, 0.2) is 0 Å². The average Bonchev–Trinajstić information content (AvgIpc) is 2.67. The summed E-state index contributed by atoms with van der Waals surface area (Å²) >= 11 is 0. The maximum atomic E-state index is 5.45. The van der Waals surface area contributed by atoms with Gasteiger partial charge in [-0.2, -0.15) is 0 Å². The second-order valence-corrected chi connectivity index (χ2v) is 5.81. The van der Waals surface area contributed by atoms with E-state index in [-0.39, 0.29) is 5.54 Å². The van der Waals surface area contributed by atoms with Crippen LogP contribution < -0.4 is 5.32 Å². The molecule has 1 fully saturated rings. The predicted octanol–water partition coefficient (Wildman–Crippen LogP) is 2.62. The third-order valence-electron chi connectivity index (χ3n) is 4.08. The van der Waals surface area contributed by atoms with Crippen molar-refractivity contribution in [2.24, 2.45) is 0 Å². The summed E-state index contributed by atoms with van der Waals surface area (Å²) in [5.41, 5.74) is 1.44. The first-order valence-corrected chi connectivity index (χ1v) is 7.85. The lowest BCUT2D eigenvalue weighted by atomic mass is 9.91. The molecule has 2 rings (SSSR count). The Kier molecular flexibility index (Phi) is 6.02. The van der Waals surface area contributed by atoms with Crippen molar-refractivity contribution in [2.45, 2.75) is 32.2 Å². The van der Waals surface area contributed by atoms with Crippen molar-refractivity contribution < 1.29 is 4.74 Å².